The molecule has 5 N–H and O–H groups in total. The fourth-order valence-electron chi connectivity index (χ4n) is 1.26. The molecule has 8 heteroatoms. The van der Waals surface area contributed by atoms with Crippen LogP contribution < -0.4 is 16.2 Å². The van der Waals surface area contributed by atoms with Gasteiger partial charge >= 0.3 is 0 Å². The number of nitrogens with two attached hydrogens (primary N) is 2. The average molecular weight is 292 g/mol. The zero-order valence-electron chi connectivity index (χ0n) is 9.52. The van der Waals surface area contributed by atoms with Crippen molar-refractivity contribution in [3.05, 3.63) is 28.8 Å². The number of halogens is 1. The normalized spacial score (nSPS) is 11.2. The highest BCUT2D eigenvalue weighted by Gasteiger charge is 2.08. The van der Waals surface area contributed by atoms with Crippen molar-refractivity contribution in [3.8, 4) is 0 Å². The number of sulfonamides is 1. The monoisotopic (exact) mass is 291 g/mol. The van der Waals surface area contributed by atoms with Gasteiger partial charge in [0.1, 0.15) is 0 Å². The van der Waals surface area contributed by atoms with E-state index in [1.54, 1.807) is 0 Å². The number of nitrogen functional groups attached to an aromatic ring is 1. The maximum Gasteiger partial charge on any atom is 0.251 e. The van der Waals surface area contributed by atoms with Gasteiger partial charge in [-0.05, 0) is 24.6 Å². The Kier molecular flexibility index (Phi) is 4.94. The predicted octanol–water partition coefficient (Wildman–Crippen LogP) is 0.331. The van der Waals surface area contributed by atoms with Gasteiger partial charge in [0.25, 0.3) is 5.91 Å². The summed E-state index contributed by atoms with van der Waals surface area (Å²) in [6.07, 6.45) is 0.258. The molecule has 0 aliphatic rings. The number of amides is 1. The Labute approximate surface area is 110 Å². The molecule has 0 aromatic heterocycles. The minimum atomic E-state index is -3.49. The molecule has 0 unspecified atom stereocenters. The fraction of sp³-hybridized carbons (Fsp3) is 0.300. The van der Waals surface area contributed by atoms with Crippen LogP contribution >= 0.6 is 11.6 Å². The van der Waals surface area contributed by atoms with E-state index < -0.39 is 10.0 Å². The third-order valence-corrected chi connectivity index (χ3v) is 3.35. The molecule has 0 heterocycles. The first kappa shape index (κ1) is 14.7. The summed E-state index contributed by atoms with van der Waals surface area (Å²) in [5.41, 5.74) is 6.24. The number of anilines is 1. The highest BCUT2D eigenvalue weighted by Crippen LogP contribution is 2.19. The number of nitrogens with one attached hydrogen (secondary N) is 1. The Morgan fingerprint density at radius 1 is 1.39 bits per heavy atom. The van der Waals surface area contributed by atoms with Crippen LogP contribution in [0.5, 0.6) is 0 Å². The van der Waals surface area contributed by atoms with Gasteiger partial charge in [-0.15, -0.1) is 0 Å². The topological polar surface area (TPSA) is 115 Å². The molecule has 18 heavy (non-hydrogen) atoms. The molecule has 1 aromatic rings. The lowest BCUT2D eigenvalue weighted by Crippen LogP contribution is -2.27. The molecule has 6 nitrogen and oxygen atoms in total. The van der Waals surface area contributed by atoms with E-state index in [0.29, 0.717) is 16.3 Å². The highest BCUT2D eigenvalue weighted by molar-refractivity contribution is 7.89. The van der Waals surface area contributed by atoms with Crippen LogP contribution in [0.2, 0.25) is 5.02 Å². The largest absolute Gasteiger partial charge is 0.398 e. The molecular weight excluding hydrogens is 278 g/mol. The van der Waals surface area contributed by atoms with Crippen molar-refractivity contribution in [2.24, 2.45) is 5.14 Å². The van der Waals surface area contributed by atoms with E-state index in [9.17, 15) is 13.2 Å². The van der Waals surface area contributed by atoms with Gasteiger partial charge in [0.2, 0.25) is 10.0 Å². The van der Waals surface area contributed by atoms with Crippen molar-refractivity contribution in [1.82, 2.24) is 5.32 Å². The Morgan fingerprint density at radius 3 is 2.61 bits per heavy atom. The summed E-state index contributed by atoms with van der Waals surface area (Å²) < 4.78 is 21.3. The SMILES string of the molecule is Nc1cc(C(=O)NCCCS(N)(=O)=O)ccc1Cl. The predicted molar refractivity (Wildman–Crippen MR) is 70.8 cm³/mol. The van der Waals surface area contributed by atoms with Crippen molar-refractivity contribution in [3.63, 3.8) is 0 Å². The van der Waals surface area contributed by atoms with Gasteiger partial charge in [0.05, 0.1) is 16.5 Å². The van der Waals surface area contributed by atoms with Crippen molar-refractivity contribution >= 4 is 33.2 Å². The fourth-order valence-corrected chi connectivity index (χ4v) is 1.93. The van der Waals surface area contributed by atoms with Gasteiger partial charge < -0.3 is 11.1 Å². The van der Waals surface area contributed by atoms with Gasteiger partial charge in [0, 0.05) is 12.1 Å². The van der Waals surface area contributed by atoms with Gasteiger partial charge in [-0.2, -0.15) is 0 Å². The molecule has 0 spiro atoms. The van der Waals surface area contributed by atoms with E-state index in [1.807, 2.05) is 0 Å². The number of primary sulfonamides is 1. The Balaban J connectivity index is 2.48. The summed E-state index contributed by atoms with van der Waals surface area (Å²) >= 11 is 5.73. The standard InChI is InChI=1S/C10H14ClN3O3S/c11-8-3-2-7(6-9(8)12)10(15)14-4-1-5-18(13,16)17/h2-3,6H,1,4-5,12H2,(H,14,15)(H2,13,16,17). The second kappa shape index (κ2) is 6.03. The maximum atomic E-state index is 11.6. The molecule has 100 valence electrons. The van der Waals surface area contributed by atoms with Crippen molar-refractivity contribution in [2.45, 2.75) is 6.42 Å². The molecule has 0 saturated carbocycles. The third-order valence-electron chi connectivity index (χ3n) is 2.15. The number of carbonyl (C=O) groups excluding carboxylic acids is 1. The molecular formula is C10H14ClN3O3S. The van der Waals surface area contributed by atoms with E-state index >= 15 is 0 Å². The number of benzene rings is 1. The second-order valence-electron chi connectivity index (χ2n) is 3.71. The van der Waals surface area contributed by atoms with Crippen LogP contribution in [-0.4, -0.2) is 26.6 Å². The molecule has 1 amide bonds. The summed E-state index contributed by atoms with van der Waals surface area (Å²) in [7, 11) is -3.49. The first-order valence-electron chi connectivity index (χ1n) is 5.13. The molecule has 0 atom stereocenters. The zero-order valence-corrected chi connectivity index (χ0v) is 11.1. The lowest BCUT2D eigenvalue weighted by Gasteiger charge is -2.06. The quantitative estimate of drug-likeness (QED) is 0.535. The number of rotatable bonds is 5. The number of hydrogen-bond acceptors (Lipinski definition) is 4. The molecule has 0 aliphatic carbocycles. The van der Waals surface area contributed by atoms with Crippen LogP contribution in [0.4, 0.5) is 5.69 Å². The smallest absolute Gasteiger partial charge is 0.251 e. The lowest BCUT2D eigenvalue weighted by atomic mass is 10.2. The van der Waals surface area contributed by atoms with Crippen LogP contribution in [0.25, 0.3) is 0 Å². The first-order valence-corrected chi connectivity index (χ1v) is 7.22. The third kappa shape index (κ3) is 4.91. The van der Waals surface area contributed by atoms with Crippen molar-refractivity contribution in [2.75, 3.05) is 18.0 Å². The summed E-state index contributed by atoms with van der Waals surface area (Å²) in [6.45, 7) is 0.220. The Bertz CT molecular complexity index is 545. The summed E-state index contributed by atoms with van der Waals surface area (Å²) in [4.78, 5) is 11.6. The van der Waals surface area contributed by atoms with E-state index in [-0.39, 0.29) is 24.6 Å². The number of carbonyl (C=O) groups is 1. The maximum absolute atomic E-state index is 11.6. The van der Waals surface area contributed by atoms with E-state index in [0.717, 1.165) is 0 Å². The summed E-state index contributed by atoms with van der Waals surface area (Å²) in [6, 6.07) is 4.52. The molecule has 0 fully saturated rings. The van der Waals surface area contributed by atoms with Crippen LogP contribution in [0.3, 0.4) is 0 Å². The van der Waals surface area contributed by atoms with Crippen LogP contribution in [0.15, 0.2) is 18.2 Å². The van der Waals surface area contributed by atoms with Crippen molar-refractivity contribution in [1.29, 1.82) is 0 Å². The van der Waals surface area contributed by atoms with Gasteiger partial charge in [-0.25, -0.2) is 13.6 Å². The minimum absolute atomic E-state index is 0.171. The van der Waals surface area contributed by atoms with Gasteiger partial charge in [-0.1, -0.05) is 11.6 Å². The highest BCUT2D eigenvalue weighted by atomic mass is 35.5. The number of hydrogen-bond donors (Lipinski definition) is 3. The summed E-state index contributed by atoms with van der Waals surface area (Å²) in [5, 5.41) is 7.76. The average Bonchev–Trinajstić information content (AvgIpc) is 2.26. The minimum Gasteiger partial charge on any atom is -0.398 e. The van der Waals surface area contributed by atoms with Crippen LogP contribution in [0, 0.1) is 0 Å². The molecule has 0 aliphatic heterocycles. The van der Waals surface area contributed by atoms with E-state index in [4.69, 9.17) is 22.5 Å². The molecule has 0 saturated heterocycles. The summed E-state index contributed by atoms with van der Waals surface area (Å²) in [5.74, 6) is -0.511. The Hall–Kier alpha value is -1.31. The molecule has 1 aromatic carbocycles. The molecule has 1 rings (SSSR count). The van der Waals surface area contributed by atoms with E-state index in [2.05, 4.69) is 5.32 Å². The molecule has 0 bridgehead atoms. The lowest BCUT2D eigenvalue weighted by molar-refractivity contribution is 0.0953. The van der Waals surface area contributed by atoms with E-state index in [1.165, 1.54) is 18.2 Å². The molecule has 0 radical (unpaired) electrons. The second-order valence-corrected chi connectivity index (χ2v) is 5.85. The van der Waals surface area contributed by atoms with Gasteiger partial charge in [0.15, 0.2) is 0 Å². The van der Waals surface area contributed by atoms with Crippen LogP contribution in [0.1, 0.15) is 16.8 Å². The zero-order chi connectivity index (χ0) is 13.8. The Morgan fingerprint density at radius 2 is 2.06 bits per heavy atom. The van der Waals surface area contributed by atoms with Crippen molar-refractivity contribution < 1.29 is 13.2 Å². The van der Waals surface area contributed by atoms with Gasteiger partial charge in [-0.3, -0.25) is 4.79 Å². The van der Waals surface area contributed by atoms with Crippen LogP contribution in [-0.2, 0) is 10.0 Å². The first-order chi connectivity index (χ1) is 8.29.